The number of aryl methyl sites for hydroxylation is 2. The van der Waals surface area contributed by atoms with Crippen LogP contribution >= 0.6 is 0 Å². The highest BCUT2D eigenvalue weighted by Crippen LogP contribution is 2.23. The molecule has 0 aliphatic heterocycles. The minimum Gasteiger partial charge on any atom is -0.352 e. The molecule has 7 nitrogen and oxygen atoms in total. The van der Waals surface area contributed by atoms with Gasteiger partial charge in [-0.25, -0.2) is 12.8 Å². The summed E-state index contributed by atoms with van der Waals surface area (Å²) in [6.07, 6.45) is 6.71. The first-order valence-electron chi connectivity index (χ1n) is 13.3. The van der Waals surface area contributed by atoms with E-state index in [0.29, 0.717) is 11.3 Å². The van der Waals surface area contributed by atoms with Gasteiger partial charge in [0.15, 0.2) is 0 Å². The number of hydrogen-bond acceptors (Lipinski definition) is 4. The van der Waals surface area contributed by atoms with E-state index in [1.54, 1.807) is 25.1 Å². The van der Waals surface area contributed by atoms with E-state index in [0.717, 1.165) is 43.1 Å². The molecule has 0 heterocycles. The monoisotopic (exact) mass is 545 g/mol. The Morgan fingerprint density at radius 1 is 1.03 bits per heavy atom. The summed E-state index contributed by atoms with van der Waals surface area (Å²) in [5.74, 6) is -0.837. The molecule has 0 bridgehead atoms. The largest absolute Gasteiger partial charge is 0.352 e. The second-order valence-corrected chi connectivity index (χ2v) is 12.3. The summed E-state index contributed by atoms with van der Waals surface area (Å²) in [5, 5.41) is 3.09. The number of nitrogens with one attached hydrogen (secondary N) is 1. The fourth-order valence-electron chi connectivity index (χ4n) is 4.82. The Morgan fingerprint density at radius 2 is 1.68 bits per heavy atom. The third kappa shape index (κ3) is 8.28. The molecule has 1 aliphatic rings. The molecule has 3 rings (SSSR count). The smallest absolute Gasteiger partial charge is 0.242 e. The molecule has 1 fully saturated rings. The van der Waals surface area contributed by atoms with Crippen LogP contribution in [-0.2, 0) is 26.2 Å². The van der Waals surface area contributed by atoms with E-state index in [2.05, 4.69) is 5.32 Å². The Balaban J connectivity index is 1.72. The zero-order chi connectivity index (χ0) is 27.9. The average Bonchev–Trinajstić information content (AvgIpc) is 2.87. The zero-order valence-corrected chi connectivity index (χ0v) is 23.7. The molecule has 0 radical (unpaired) electrons. The number of anilines is 1. The molecule has 0 spiro atoms. The van der Waals surface area contributed by atoms with E-state index in [-0.39, 0.29) is 49.6 Å². The molecule has 208 valence electrons. The van der Waals surface area contributed by atoms with Crippen LogP contribution in [0.15, 0.2) is 42.5 Å². The number of nitrogens with zero attached hydrogens (tertiary/aromatic N) is 2. The molecule has 1 atom stereocenters. The third-order valence-electron chi connectivity index (χ3n) is 7.32. The van der Waals surface area contributed by atoms with Gasteiger partial charge in [0.1, 0.15) is 11.9 Å². The highest BCUT2D eigenvalue weighted by atomic mass is 32.2. The maximum Gasteiger partial charge on any atom is 0.242 e. The molecule has 1 aliphatic carbocycles. The van der Waals surface area contributed by atoms with Crippen LogP contribution in [0.25, 0.3) is 0 Å². The summed E-state index contributed by atoms with van der Waals surface area (Å²) in [6.45, 7) is 5.89. The van der Waals surface area contributed by atoms with E-state index in [9.17, 15) is 22.4 Å². The molecule has 2 aromatic carbocycles. The van der Waals surface area contributed by atoms with Gasteiger partial charge >= 0.3 is 0 Å². The van der Waals surface area contributed by atoms with Gasteiger partial charge in [-0.05, 0) is 81.0 Å². The number of rotatable bonds is 11. The highest BCUT2D eigenvalue weighted by molar-refractivity contribution is 7.92. The van der Waals surface area contributed by atoms with Crippen LogP contribution in [0.3, 0.4) is 0 Å². The topological polar surface area (TPSA) is 86.8 Å². The minimum absolute atomic E-state index is 0.0686. The van der Waals surface area contributed by atoms with Crippen LogP contribution in [0.5, 0.6) is 0 Å². The van der Waals surface area contributed by atoms with E-state index in [4.69, 9.17) is 0 Å². The molecule has 2 amide bonds. The first-order chi connectivity index (χ1) is 18.0. The molecule has 0 unspecified atom stereocenters. The number of benzene rings is 2. The lowest BCUT2D eigenvalue weighted by molar-refractivity contribution is -0.141. The van der Waals surface area contributed by atoms with Crippen molar-refractivity contribution >= 4 is 27.5 Å². The van der Waals surface area contributed by atoms with Crippen molar-refractivity contribution in [2.24, 2.45) is 0 Å². The van der Waals surface area contributed by atoms with Crippen molar-refractivity contribution < 1.29 is 22.4 Å². The molecule has 9 heteroatoms. The molecule has 38 heavy (non-hydrogen) atoms. The SMILES string of the molecule is Cc1ccc(N(CCCC(=O)N(Cc2ccc(F)cc2)[C@H](C)C(=O)NC2CCCCC2)S(C)(=O)=O)cc1C. The Hall–Kier alpha value is -2.94. The fraction of sp³-hybridized carbons (Fsp3) is 0.517. The van der Waals surface area contributed by atoms with Gasteiger partial charge in [0.25, 0.3) is 0 Å². The van der Waals surface area contributed by atoms with Crippen LogP contribution in [0.1, 0.15) is 68.6 Å². The lowest BCUT2D eigenvalue weighted by Crippen LogP contribution is -2.50. The van der Waals surface area contributed by atoms with Crippen LogP contribution in [0.4, 0.5) is 10.1 Å². The van der Waals surface area contributed by atoms with Gasteiger partial charge in [-0.1, -0.05) is 37.5 Å². The number of halogens is 1. The summed E-state index contributed by atoms with van der Waals surface area (Å²) in [6, 6.07) is 10.7. The summed E-state index contributed by atoms with van der Waals surface area (Å²) in [5.41, 5.74) is 3.32. The molecule has 0 aromatic heterocycles. The first kappa shape index (κ1) is 29.6. The number of hydrogen-bond donors (Lipinski definition) is 1. The standard InChI is InChI=1S/C29H40FN3O4S/c1-21-12-17-27(19-22(21)2)33(38(4,36)37)18-8-11-28(34)32(20-24-13-15-25(30)16-14-24)23(3)29(35)31-26-9-6-5-7-10-26/h12-17,19,23,26H,5-11,18,20H2,1-4H3,(H,31,35)/t23-/m1/s1. The predicted octanol–water partition coefficient (Wildman–Crippen LogP) is 4.85. The maximum atomic E-state index is 13.5. The Morgan fingerprint density at radius 3 is 2.29 bits per heavy atom. The summed E-state index contributed by atoms with van der Waals surface area (Å²) in [4.78, 5) is 28.0. The molecule has 0 saturated heterocycles. The summed E-state index contributed by atoms with van der Waals surface area (Å²) < 4.78 is 39.9. The molecule has 1 N–H and O–H groups in total. The Labute approximate surface area is 226 Å². The van der Waals surface area contributed by atoms with Gasteiger partial charge in [0.05, 0.1) is 11.9 Å². The number of carbonyl (C=O) groups is 2. The summed E-state index contributed by atoms with van der Waals surface area (Å²) in [7, 11) is -3.56. The van der Waals surface area contributed by atoms with Gasteiger partial charge in [-0.3, -0.25) is 13.9 Å². The first-order valence-corrected chi connectivity index (χ1v) is 15.2. The van der Waals surface area contributed by atoms with E-state index >= 15 is 0 Å². The molecule has 2 aromatic rings. The quantitative estimate of drug-likeness (QED) is 0.437. The molecule has 1 saturated carbocycles. The van der Waals surface area contributed by atoms with Gasteiger partial charge in [0.2, 0.25) is 21.8 Å². The third-order valence-corrected chi connectivity index (χ3v) is 8.51. The van der Waals surface area contributed by atoms with Crippen LogP contribution in [0.2, 0.25) is 0 Å². The normalized spacial score (nSPS) is 15.1. The van der Waals surface area contributed by atoms with Crippen molar-refractivity contribution in [3.05, 3.63) is 65.0 Å². The lowest BCUT2D eigenvalue weighted by Gasteiger charge is -2.31. The van der Waals surface area contributed by atoms with Crippen LogP contribution in [-0.4, -0.2) is 50.0 Å². The highest BCUT2D eigenvalue weighted by Gasteiger charge is 2.28. The Bertz CT molecular complexity index is 1210. The van der Waals surface area contributed by atoms with E-state index < -0.39 is 16.1 Å². The van der Waals surface area contributed by atoms with Crippen molar-refractivity contribution in [3.63, 3.8) is 0 Å². The summed E-state index contributed by atoms with van der Waals surface area (Å²) >= 11 is 0. The second kappa shape index (κ2) is 13.2. The second-order valence-electron chi connectivity index (χ2n) is 10.4. The van der Waals surface area contributed by atoms with Crippen molar-refractivity contribution in [2.45, 2.75) is 84.3 Å². The van der Waals surface area contributed by atoms with E-state index in [1.807, 2.05) is 26.0 Å². The van der Waals surface area contributed by atoms with Crippen molar-refractivity contribution in [2.75, 3.05) is 17.1 Å². The van der Waals surface area contributed by atoms with Crippen LogP contribution in [0, 0.1) is 19.7 Å². The van der Waals surface area contributed by atoms with Crippen molar-refractivity contribution in [1.82, 2.24) is 10.2 Å². The van der Waals surface area contributed by atoms with Gasteiger partial charge in [-0.2, -0.15) is 0 Å². The minimum atomic E-state index is -3.56. The lowest BCUT2D eigenvalue weighted by atomic mass is 9.95. The number of sulfonamides is 1. The average molecular weight is 546 g/mol. The van der Waals surface area contributed by atoms with E-state index in [1.165, 1.54) is 27.8 Å². The zero-order valence-electron chi connectivity index (χ0n) is 22.9. The molecular weight excluding hydrogens is 505 g/mol. The van der Waals surface area contributed by atoms with Crippen molar-refractivity contribution in [3.8, 4) is 0 Å². The van der Waals surface area contributed by atoms with Gasteiger partial charge in [0, 0.05) is 25.6 Å². The van der Waals surface area contributed by atoms with Gasteiger partial charge < -0.3 is 10.2 Å². The predicted molar refractivity (Wildman–Crippen MR) is 149 cm³/mol. The van der Waals surface area contributed by atoms with Crippen LogP contribution < -0.4 is 9.62 Å². The molecular formula is C29H40FN3O4S. The number of carbonyl (C=O) groups excluding carboxylic acids is 2. The maximum absolute atomic E-state index is 13.5. The number of amides is 2. The fourth-order valence-corrected chi connectivity index (χ4v) is 5.78. The van der Waals surface area contributed by atoms with Crippen molar-refractivity contribution in [1.29, 1.82) is 0 Å². The van der Waals surface area contributed by atoms with Gasteiger partial charge in [-0.15, -0.1) is 0 Å². The Kier molecular flexibility index (Phi) is 10.3.